The number of pyridine rings is 2. The van der Waals surface area contributed by atoms with Crippen molar-refractivity contribution in [3.05, 3.63) is 123 Å². The molecule has 0 aliphatic heterocycles. The summed E-state index contributed by atoms with van der Waals surface area (Å²) in [5.74, 6) is -1.20. The summed E-state index contributed by atoms with van der Waals surface area (Å²) in [5, 5.41) is 0.213. The van der Waals surface area contributed by atoms with Crippen LogP contribution in [0.15, 0.2) is 88.8 Å². The molecule has 0 aliphatic carbocycles. The van der Waals surface area contributed by atoms with Crippen molar-refractivity contribution < 1.29 is 14.3 Å². The Bertz CT molecular complexity index is 1840. The van der Waals surface area contributed by atoms with E-state index in [1.807, 2.05) is 50.2 Å². The van der Waals surface area contributed by atoms with Gasteiger partial charge in [0.15, 0.2) is 5.49 Å². The summed E-state index contributed by atoms with van der Waals surface area (Å²) in [6.07, 6.45) is 1.62. The Morgan fingerprint density at radius 2 is 1.71 bits per heavy atom. The fraction of sp³-hybridized carbons (Fsp3) is 0.167. The van der Waals surface area contributed by atoms with Gasteiger partial charge in [0.2, 0.25) is 0 Å². The van der Waals surface area contributed by atoms with Gasteiger partial charge in [-0.3, -0.25) is 14.0 Å². The lowest BCUT2D eigenvalue weighted by Crippen LogP contribution is -2.33. The van der Waals surface area contributed by atoms with Crippen LogP contribution in [0.5, 0.6) is 0 Å². The SMILES string of the molecule is CCOC(=O)c1cc2c(=O)n3ccccc3nc2n(Cc2ccccc2)c1=NC(=O)c1ccc(C)c(C)c1. The molecule has 8 nitrogen and oxygen atoms in total. The molecule has 0 aliphatic rings. The normalized spacial score (nSPS) is 11.7. The van der Waals surface area contributed by atoms with Crippen LogP contribution in [0.4, 0.5) is 0 Å². The molecule has 5 aromatic rings. The zero-order chi connectivity index (χ0) is 26.8. The lowest BCUT2D eigenvalue weighted by molar-refractivity contribution is 0.0523. The Labute approximate surface area is 218 Å². The molecule has 5 rings (SSSR count). The zero-order valence-electron chi connectivity index (χ0n) is 21.3. The summed E-state index contributed by atoms with van der Waals surface area (Å²) in [5.41, 5.74) is 3.77. The van der Waals surface area contributed by atoms with Gasteiger partial charge in [-0.2, -0.15) is 4.99 Å². The van der Waals surface area contributed by atoms with Crippen molar-refractivity contribution in [3.63, 3.8) is 0 Å². The van der Waals surface area contributed by atoms with Gasteiger partial charge in [-0.05, 0) is 67.8 Å². The van der Waals surface area contributed by atoms with Gasteiger partial charge in [-0.25, -0.2) is 9.78 Å². The highest BCUT2D eigenvalue weighted by molar-refractivity contribution is 5.97. The first-order valence-electron chi connectivity index (χ1n) is 12.3. The number of hydrogen-bond acceptors (Lipinski definition) is 5. The minimum atomic E-state index is -0.680. The fourth-order valence-electron chi connectivity index (χ4n) is 4.31. The van der Waals surface area contributed by atoms with Crippen LogP contribution in [0.1, 0.15) is 44.3 Å². The van der Waals surface area contributed by atoms with Crippen molar-refractivity contribution in [3.8, 4) is 0 Å². The minimum Gasteiger partial charge on any atom is -0.462 e. The number of amides is 1. The first kappa shape index (κ1) is 24.8. The van der Waals surface area contributed by atoms with Crippen molar-refractivity contribution in [1.82, 2.24) is 14.0 Å². The molecule has 1 amide bonds. The summed E-state index contributed by atoms with van der Waals surface area (Å²) in [6.45, 7) is 5.92. The van der Waals surface area contributed by atoms with E-state index >= 15 is 0 Å². The molecule has 0 bridgehead atoms. The molecule has 0 atom stereocenters. The van der Waals surface area contributed by atoms with Crippen LogP contribution in [0.25, 0.3) is 16.7 Å². The summed E-state index contributed by atoms with van der Waals surface area (Å²) >= 11 is 0. The monoisotopic (exact) mass is 506 g/mol. The number of benzene rings is 2. The topological polar surface area (TPSA) is 95.0 Å². The molecule has 0 unspecified atom stereocenters. The molecule has 38 heavy (non-hydrogen) atoms. The fourth-order valence-corrected chi connectivity index (χ4v) is 4.31. The van der Waals surface area contributed by atoms with Crippen molar-refractivity contribution >= 4 is 28.6 Å². The molecule has 0 N–H and O–H groups in total. The lowest BCUT2D eigenvalue weighted by atomic mass is 10.1. The Morgan fingerprint density at radius 1 is 0.947 bits per heavy atom. The van der Waals surface area contributed by atoms with E-state index in [9.17, 15) is 14.4 Å². The van der Waals surface area contributed by atoms with E-state index in [0.29, 0.717) is 16.9 Å². The van der Waals surface area contributed by atoms with Gasteiger partial charge in [-0.15, -0.1) is 0 Å². The Kier molecular flexibility index (Phi) is 6.70. The Morgan fingerprint density at radius 3 is 2.45 bits per heavy atom. The maximum Gasteiger partial charge on any atom is 0.341 e. The van der Waals surface area contributed by atoms with E-state index in [1.54, 1.807) is 48.0 Å². The molecule has 8 heteroatoms. The van der Waals surface area contributed by atoms with Crippen LogP contribution in [0, 0.1) is 13.8 Å². The second kappa shape index (κ2) is 10.3. The number of carbonyl (C=O) groups is 2. The number of rotatable bonds is 5. The van der Waals surface area contributed by atoms with Crippen molar-refractivity contribution in [1.29, 1.82) is 0 Å². The molecule has 3 heterocycles. The average Bonchev–Trinajstić information content (AvgIpc) is 2.92. The number of nitrogens with zero attached hydrogens (tertiary/aromatic N) is 4. The predicted molar refractivity (Wildman–Crippen MR) is 144 cm³/mol. The van der Waals surface area contributed by atoms with Gasteiger partial charge in [0.25, 0.3) is 11.5 Å². The highest BCUT2D eigenvalue weighted by atomic mass is 16.5. The molecule has 2 aromatic carbocycles. The maximum atomic E-state index is 13.5. The van der Waals surface area contributed by atoms with E-state index in [-0.39, 0.29) is 35.1 Å². The molecular weight excluding hydrogens is 480 g/mol. The third kappa shape index (κ3) is 4.64. The second-order valence-electron chi connectivity index (χ2n) is 8.97. The first-order valence-corrected chi connectivity index (χ1v) is 12.3. The summed E-state index contributed by atoms with van der Waals surface area (Å²) in [6, 6.07) is 21.5. The van der Waals surface area contributed by atoms with Crippen molar-refractivity contribution in [2.24, 2.45) is 4.99 Å². The number of ether oxygens (including phenoxy) is 1. The standard InChI is InChI=1S/C30H26N4O4/c1-4-38-30(37)24-17-23-26(31-25-12-8-9-15-33(25)29(23)36)34(18-21-10-6-5-7-11-21)27(24)32-28(35)22-14-13-19(2)20(3)16-22/h5-17H,4,18H2,1-3H3. The number of esters is 1. The molecule has 0 saturated heterocycles. The van der Waals surface area contributed by atoms with Crippen molar-refractivity contribution in [2.45, 2.75) is 27.3 Å². The average molecular weight is 507 g/mol. The van der Waals surface area contributed by atoms with Gasteiger partial charge < -0.3 is 9.30 Å². The van der Waals surface area contributed by atoms with Crippen LogP contribution in [0.2, 0.25) is 0 Å². The molecular formula is C30H26N4O4. The highest BCUT2D eigenvalue weighted by Crippen LogP contribution is 2.15. The van der Waals surface area contributed by atoms with E-state index in [0.717, 1.165) is 16.7 Å². The Balaban J connectivity index is 1.89. The van der Waals surface area contributed by atoms with E-state index in [2.05, 4.69) is 4.99 Å². The minimum absolute atomic E-state index is 0.0160. The number of hydrogen-bond donors (Lipinski definition) is 0. The van der Waals surface area contributed by atoms with E-state index in [4.69, 9.17) is 9.72 Å². The van der Waals surface area contributed by atoms with Gasteiger partial charge in [0.1, 0.15) is 16.9 Å². The van der Waals surface area contributed by atoms with Gasteiger partial charge >= 0.3 is 5.97 Å². The molecule has 0 spiro atoms. The number of carbonyl (C=O) groups excluding carboxylic acids is 2. The third-order valence-electron chi connectivity index (χ3n) is 6.43. The summed E-state index contributed by atoms with van der Waals surface area (Å²) < 4.78 is 8.38. The molecule has 0 saturated carbocycles. The second-order valence-corrected chi connectivity index (χ2v) is 8.97. The van der Waals surface area contributed by atoms with Crippen LogP contribution in [-0.2, 0) is 11.3 Å². The molecule has 0 fully saturated rings. The van der Waals surface area contributed by atoms with Crippen LogP contribution in [-0.4, -0.2) is 32.4 Å². The van der Waals surface area contributed by atoms with Gasteiger partial charge in [0.05, 0.1) is 18.5 Å². The van der Waals surface area contributed by atoms with Crippen LogP contribution < -0.4 is 11.0 Å². The van der Waals surface area contributed by atoms with Crippen molar-refractivity contribution in [2.75, 3.05) is 6.61 Å². The largest absolute Gasteiger partial charge is 0.462 e. The van der Waals surface area contributed by atoms with E-state index in [1.165, 1.54) is 10.5 Å². The molecule has 190 valence electrons. The van der Waals surface area contributed by atoms with Gasteiger partial charge in [0, 0.05) is 11.8 Å². The smallest absolute Gasteiger partial charge is 0.341 e. The van der Waals surface area contributed by atoms with E-state index < -0.39 is 11.9 Å². The molecule has 0 radical (unpaired) electrons. The lowest BCUT2D eigenvalue weighted by Gasteiger charge is -2.15. The number of fused-ring (bicyclic) bond motifs is 2. The zero-order valence-corrected chi connectivity index (χ0v) is 21.3. The number of aryl methyl sites for hydroxylation is 2. The predicted octanol–water partition coefficient (Wildman–Crippen LogP) is 4.23. The Hall–Kier alpha value is -4.85. The van der Waals surface area contributed by atoms with Gasteiger partial charge in [-0.1, -0.05) is 42.5 Å². The summed E-state index contributed by atoms with van der Waals surface area (Å²) in [7, 11) is 0. The summed E-state index contributed by atoms with van der Waals surface area (Å²) in [4.78, 5) is 49.3. The highest BCUT2D eigenvalue weighted by Gasteiger charge is 2.20. The first-order chi connectivity index (χ1) is 18.4. The van der Waals surface area contributed by atoms with Crippen LogP contribution in [0.3, 0.4) is 0 Å². The quantitative estimate of drug-likeness (QED) is 0.263. The molecule has 3 aromatic heterocycles. The maximum absolute atomic E-state index is 13.5. The number of aromatic nitrogens is 3. The third-order valence-corrected chi connectivity index (χ3v) is 6.43. The van der Waals surface area contributed by atoms with Crippen LogP contribution >= 0.6 is 0 Å².